The molecule has 2 aromatic rings. The van der Waals surface area contributed by atoms with Crippen molar-refractivity contribution in [3.63, 3.8) is 0 Å². The Balaban J connectivity index is 1.85. The lowest BCUT2D eigenvalue weighted by Gasteiger charge is -1.94. The van der Waals surface area contributed by atoms with Gasteiger partial charge >= 0.3 is 0 Å². The normalized spacial score (nSPS) is 11.0. The molecule has 6 nitrogen and oxygen atoms in total. The zero-order valence-electron chi connectivity index (χ0n) is 10.5. The first-order valence-electron chi connectivity index (χ1n) is 5.95. The fraction of sp³-hybridized carbons (Fsp3) is 0.600. The largest absolute Gasteiger partial charge is 0.252 e. The van der Waals surface area contributed by atoms with E-state index in [1.54, 1.807) is 12.7 Å². The number of aromatic nitrogens is 6. The summed E-state index contributed by atoms with van der Waals surface area (Å²) in [5.41, 5.74) is 0. The van der Waals surface area contributed by atoms with Gasteiger partial charge in [-0.05, 0) is 34.4 Å². The highest BCUT2D eigenvalue weighted by molar-refractivity contribution is 8.76. The molecule has 0 N–H and O–H groups in total. The smallest absolute Gasteiger partial charge is 0.219 e. The Morgan fingerprint density at radius 2 is 1.33 bits per heavy atom. The Kier molecular flexibility index (Phi) is 5.06. The molecule has 0 saturated carbocycles. The van der Waals surface area contributed by atoms with Crippen molar-refractivity contribution in [1.82, 2.24) is 29.5 Å². The minimum absolute atomic E-state index is 0.750. The van der Waals surface area contributed by atoms with E-state index in [4.69, 9.17) is 0 Å². The van der Waals surface area contributed by atoms with Gasteiger partial charge in [0.25, 0.3) is 0 Å². The van der Waals surface area contributed by atoms with Crippen LogP contribution in [0.1, 0.15) is 26.7 Å². The average molecular weight is 284 g/mol. The van der Waals surface area contributed by atoms with Crippen LogP contribution in [0.2, 0.25) is 0 Å². The van der Waals surface area contributed by atoms with Crippen LogP contribution < -0.4 is 0 Å². The van der Waals surface area contributed by atoms with Crippen LogP contribution >= 0.6 is 21.6 Å². The third-order valence-corrected chi connectivity index (χ3v) is 4.03. The summed E-state index contributed by atoms with van der Waals surface area (Å²) >= 11 is 0. The van der Waals surface area contributed by atoms with Gasteiger partial charge in [0.05, 0.1) is 0 Å². The Bertz CT molecular complexity index is 436. The van der Waals surface area contributed by atoms with Gasteiger partial charge in [0.15, 0.2) is 0 Å². The predicted octanol–water partition coefficient (Wildman–Crippen LogP) is 2.49. The molecule has 0 aromatic carbocycles. The fourth-order valence-corrected chi connectivity index (χ4v) is 2.89. The van der Waals surface area contributed by atoms with E-state index in [0.717, 1.165) is 36.2 Å². The summed E-state index contributed by atoms with van der Waals surface area (Å²) in [5, 5.41) is 10.2. The topological polar surface area (TPSA) is 61.4 Å². The monoisotopic (exact) mass is 284 g/mol. The molecular weight excluding hydrogens is 268 g/mol. The first kappa shape index (κ1) is 13.4. The Labute approximate surface area is 114 Å². The van der Waals surface area contributed by atoms with E-state index in [1.807, 2.05) is 9.36 Å². The van der Waals surface area contributed by atoms with Gasteiger partial charge in [-0.15, -0.1) is 10.2 Å². The summed E-state index contributed by atoms with van der Waals surface area (Å²) in [5.74, 6) is 0. The van der Waals surface area contributed by atoms with Crippen LogP contribution in [0.5, 0.6) is 0 Å². The zero-order chi connectivity index (χ0) is 12.8. The molecule has 0 unspecified atom stereocenters. The second-order valence-corrected chi connectivity index (χ2v) is 5.81. The Morgan fingerprint density at radius 1 is 0.889 bits per heavy atom. The van der Waals surface area contributed by atoms with E-state index >= 15 is 0 Å². The van der Waals surface area contributed by atoms with Gasteiger partial charge in [-0.1, -0.05) is 13.8 Å². The zero-order valence-corrected chi connectivity index (χ0v) is 12.1. The second-order valence-electron chi connectivity index (χ2n) is 3.75. The molecule has 18 heavy (non-hydrogen) atoms. The molecule has 0 aliphatic carbocycles. The molecular formula is C10H16N6S2. The van der Waals surface area contributed by atoms with Gasteiger partial charge in [-0.3, -0.25) is 9.36 Å². The molecule has 0 spiro atoms. The van der Waals surface area contributed by atoms with Crippen molar-refractivity contribution in [3.05, 3.63) is 12.7 Å². The summed E-state index contributed by atoms with van der Waals surface area (Å²) in [4.78, 5) is 8.45. The van der Waals surface area contributed by atoms with Crippen LogP contribution in [0.3, 0.4) is 0 Å². The lowest BCUT2D eigenvalue weighted by molar-refractivity contribution is 0.589. The van der Waals surface area contributed by atoms with Crippen LogP contribution in [0.4, 0.5) is 0 Å². The minimum atomic E-state index is 0.750. The van der Waals surface area contributed by atoms with E-state index < -0.39 is 0 Å². The van der Waals surface area contributed by atoms with Gasteiger partial charge in [0, 0.05) is 13.1 Å². The molecule has 0 radical (unpaired) electrons. The highest BCUT2D eigenvalue weighted by Crippen LogP contribution is 2.32. The van der Waals surface area contributed by atoms with Gasteiger partial charge in [0.2, 0.25) is 10.3 Å². The number of nitrogens with zero attached hydrogens (tertiary/aromatic N) is 6. The maximum atomic E-state index is 4.34. The quantitative estimate of drug-likeness (QED) is 0.728. The van der Waals surface area contributed by atoms with Crippen LogP contribution in [0, 0.1) is 0 Å². The third-order valence-electron chi connectivity index (χ3n) is 2.13. The molecule has 0 atom stereocenters. The van der Waals surface area contributed by atoms with Crippen molar-refractivity contribution in [1.29, 1.82) is 0 Å². The number of hydrogen-bond acceptors (Lipinski definition) is 6. The Hall–Kier alpha value is -1.02. The number of aryl methyl sites for hydroxylation is 2. The third kappa shape index (κ3) is 3.74. The molecule has 2 rings (SSSR count). The first-order valence-corrected chi connectivity index (χ1v) is 8.10. The molecule has 0 fully saturated rings. The average Bonchev–Trinajstić information content (AvgIpc) is 2.97. The molecule has 0 amide bonds. The van der Waals surface area contributed by atoms with Gasteiger partial charge in [-0.2, -0.15) is 0 Å². The molecule has 8 heteroatoms. The predicted molar refractivity (Wildman–Crippen MR) is 72.3 cm³/mol. The van der Waals surface area contributed by atoms with Gasteiger partial charge in [0.1, 0.15) is 12.7 Å². The van der Waals surface area contributed by atoms with E-state index in [9.17, 15) is 0 Å². The second kappa shape index (κ2) is 6.79. The lowest BCUT2D eigenvalue weighted by Crippen LogP contribution is -1.96. The van der Waals surface area contributed by atoms with Gasteiger partial charge in [-0.25, -0.2) is 9.97 Å². The standard InChI is InChI=1S/C10H16N6S2/c1-3-5-15-7-11-9(13-15)17-18-10-12-8-16(14-10)6-4-2/h7-8H,3-6H2,1-2H3. The van der Waals surface area contributed by atoms with Crippen LogP contribution in [0.15, 0.2) is 23.0 Å². The van der Waals surface area contributed by atoms with Gasteiger partial charge < -0.3 is 0 Å². The van der Waals surface area contributed by atoms with Crippen molar-refractivity contribution >= 4 is 21.6 Å². The summed E-state index contributed by atoms with van der Waals surface area (Å²) in [6.45, 7) is 6.05. The van der Waals surface area contributed by atoms with Crippen LogP contribution in [-0.4, -0.2) is 29.5 Å². The molecule has 0 saturated heterocycles. The minimum Gasteiger partial charge on any atom is -0.252 e. The highest BCUT2D eigenvalue weighted by atomic mass is 33.1. The molecule has 2 aromatic heterocycles. The van der Waals surface area contributed by atoms with Crippen molar-refractivity contribution in [2.75, 3.05) is 0 Å². The van der Waals surface area contributed by atoms with Crippen LogP contribution in [-0.2, 0) is 13.1 Å². The molecule has 0 bridgehead atoms. The molecule has 98 valence electrons. The van der Waals surface area contributed by atoms with E-state index in [1.165, 1.54) is 21.6 Å². The SMILES string of the molecule is CCCn1cnc(SSc2ncn(CCC)n2)n1. The molecule has 2 heterocycles. The van der Waals surface area contributed by atoms with E-state index in [2.05, 4.69) is 34.0 Å². The summed E-state index contributed by atoms with van der Waals surface area (Å²) in [6, 6.07) is 0. The van der Waals surface area contributed by atoms with E-state index in [0.29, 0.717) is 0 Å². The fourth-order valence-electron chi connectivity index (χ4n) is 1.38. The van der Waals surface area contributed by atoms with Crippen molar-refractivity contribution in [3.8, 4) is 0 Å². The maximum absolute atomic E-state index is 4.34. The number of hydrogen-bond donors (Lipinski definition) is 0. The maximum Gasteiger partial charge on any atom is 0.219 e. The van der Waals surface area contributed by atoms with Crippen LogP contribution in [0.25, 0.3) is 0 Å². The van der Waals surface area contributed by atoms with Crippen molar-refractivity contribution in [2.24, 2.45) is 0 Å². The summed E-state index contributed by atoms with van der Waals surface area (Å²) in [7, 11) is 2.97. The molecule has 0 aliphatic rings. The van der Waals surface area contributed by atoms with E-state index in [-0.39, 0.29) is 0 Å². The Morgan fingerprint density at radius 3 is 1.72 bits per heavy atom. The molecule has 0 aliphatic heterocycles. The lowest BCUT2D eigenvalue weighted by atomic mass is 10.5. The first-order chi connectivity index (χ1) is 8.81. The number of rotatable bonds is 7. The van der Waals surface area contributed by atoms with Crippen molar-refractivity contribution in [2.45, 2.75) is 50.1 Å². The summed E-state index contributed by atoms with van der Waals surface area (Å²) in [6.07, 6.45) is 5.64. The van der Waals surface area contributed by atoms with Crippen molar-refractivity contribution < 1.29 is 0 Å². The summed E-state index contributed by atoms with van der Waals surface area (Å²) < 4.78 is 3.71. The highest BCUT2D eigenvalue weighted by Gasteiger charge is 2.06.